The smallest absolute Gasteiger partial charge is 0.256 e. The number of anilines is 2. The number of carbonyl (C=O) groups excluding carboxylic acids is 1. The molecule has 3 rings (SSSR count). The Hall–Kier alpha value is -2.62. The molecule has 1 saturated heterocycles. The van der Waals surface area contributed by atoms with E-state index in [1.807, 2.05) is 0 Å². The summed E-state index contributed by atoms with van der Waals surface area (Å²) in [7, 11) is 1.65. The number of halogens is 3. The lowest BCUT2D eigenvalue weighted by atomic mass is 9.93. The van der Waals surface area contributed by atoms with E-state index in [1.165, 1.54) is 17.0 Å². The number of rotatable bonds is 6. The maximum Gasteiger partial charge on any atom is 0.256 e. The van der Waals surface area contributed by atoms with E-state index in [1.54, 1.807) is 20.0 Å². The van der Waals surface area contributed by atoms with Crippen LogP contribution in [0.4, 0.5) is 24.5 Å². The predicted molar refractivity (Wildman–Crippen MR) is 98.7 cm³/mol. The number of nitrogens with zero attached hydrogens (tertiary/aromatic N) is 1. The van der Waals surface area contributed by atoms with E-state index >= 15 is 0 Å². The van der Waals surface area contributed by atoms with Crippen LogP contribution in [0.5, 0.6) is 0 Å². The molecule has 1 heterocycles. The average Bonchev–Trinajstić information content (AvgIpc) is 2.63. The van der Waals surface area contributed by atoms with Gasteiger partial charge in [0.1, 0.15) is 11.4 Å². The van der Waals surface area contributed by atoms with Gasteiger partial charge in [0.2, 0.25) is 0 Å². The monoisotopic (exact) mass is 394 g/mol. The number of hydrogen-bond donors (Lipinski definition) is 4. The van der Waals surface area contributed by atoms with Crippen molar-refractivity contribution in [2.45, 2.75) is 12.5 Å². The fraction of sp³-hybridized carbons (Fsp3) is 0.316. The number of hydrazine groups is 1. The molecule has 4 N–H and O–H groups in total. The highest BCUT2D eigenvalue weighted by atomic mass is 19.2. The van der Waals surface area contributed by atoms with Gasteiger partial charge in [-0.25, -0.2) is 13.2 Å². The lowest BCUT2D eigenvalue weighted by Crippen LogP contribution is -2.68. The van der Waals surface area contributed by atoms with Crippen molar-refractivity contribution < 1.29 is 23.1 Å². The van der Waals surface area contributed by atoms with E-state index in [0.717, 1.165) is 12.1 Å². The largest absolute Gasteiger partial charge is 0.385 e. The van der Waals surface area contributed by atoms with Crippen LogP contribution >= 0.6 is 0 Å². The van der Waals surface area contributed by atoms with E-state index in [9.17, 15) is 23.1 Å². The molecule has 0 atom stereocenters. The van der Waals surface area contributed by atoms with E-state index < -0.39 is 34.6 Å². The molecule has 9 heteroatoms. The molecule has 0 radical (unpaired) electrons. The molecule has 6 nitrogen and oxygen atoms in total. The number of amides is 1. The number of carbonyl (C=O) groups is 1. The third-order valence-electron chi connectivity index (χ3n) is 4.56. The second-order valence-corrected chi connectivity index (χ2v) is 6.88. The van der Waals surface area contributed by atoms with E-state index in [4.69, 9.17) is 0 Å². The molecular formula is C19H21F3N4O2. The molecule has 150 valence electrons. The summed E-state index contributed by atoms with van der Waals surface area (Å²) >= 11 is 0. The highest BCUT2D eigenvalue weighted by Crippen LogP contribution is 2.31. The number of aliphatic hydroxyl groups is 1. The molecule has 0 aromatic heterocycles. The zero-order valence-corrected chi connectivity index (χ0v) is 15.4. The van der Waals surface area contributed by atoms with E-state index in [0.29, 0.717) is 5.56 Å². The molecule has 0 saturated carbocycles. The zero-order valence-electron chi connectivity index (χ0n) is 15.4. The molecule has 1 fully saturated rings. The first-order valence-electron chi connectivity index (χ1n) is 8.66. The predicted octanol–water partition coefficient (Wildman–Crippen LogP) is 2.07. The lowest BCUT2D eigenvalue weighted by molar-refractivity contribution is -0.0798. The van der Waals surface area contributed by atoms with Gasteiger partial charge in [-0.15, -0.1) is 0 Å². The summed E-state index contributed by atoms with van der Waals surface area (Å²) in [5.41, 5.74) is 4.30. The minimum atomic E-state index is -1.28. The third-order valence-corrected chi connectivity index (χ3v) is 4.56. The number of likely N-dealkylation sites (tertiary alicyclic amines) is 1. The fourth-order valence-electron chi connectivity index (χ4n) is 3.05. The van der Waals surface area contributed by atoms with Crippen molar-refractivity contribution in [2.75, 3.05) is 32.0 Å². The summed E-state index contributed by atoms with van der Waals surface area (Å²) in [6.45, 7) is 1.96. The second kappa shape index (κ2) is 7.78. The molecular weight excluding hydrogens is 373 g/mol. The van der Waals surface area contributed by atoms with E-state index in [2.05, 4.69) is 16.2 Å². The first kappa shape index (κ1) is 20.1. The van der Waals surface area contributed by atoms with Gasteiger partial charge in [0.05, 0.1) is 30.0 Å². The Morgan fingerprint density at radius 3 is 2.54 bits per heavy atom. The second-order valence-electron chi connectivity index (χ2n) is 6.88. The normalized spacial score (nSPS) is 15.3. The van der Waals surface area contributed by atoms with Crippen molar-refractivity contribution in [3.63, 3.8) is 0 Å². The van der Waals surface area contributed by atoms with Crippen molar-refractivity contribution in [2.24, 2.45) is 0 Å². The topological polar surface area (TPSA) is 76.6 Å². The first-order chi connectivity index (χ1) is 13.2. The average molecular weight is 394 g/mol. The Morgan fingerprint density at radius 2 is 1.89 bits per heavy atom. The lowest BCUT2D eigenvalue weighted by Gasteiger charge is -2.46. The number of hydrogen-bond acceptors (Lipinski definition) is 5. The quantitative estimate of drug-likeness (QED) is 0.565. The van der Waals surface area contributed by atoms with Crippen molar-refractivity contribution in [1.82, 2.24) is 15.8 Å². The Bertz CT molecular complexity index is 901. The summed E-state index contributed by atoms with van der Waals surface area (Å²) in [4.78, 5) is 14.1. The minimum Gasteiger partial charge on any atom is -0.385 e. The number of benzene rings is 2. The molecule has 0 spiro atoms. The van der Waals surface area contributed by atoms with Crippen LogP contribution in [0, 0.1) is 24.4 Å². The van der Waals surface area contributed by atoms with Gasteiger partial charge in [-0.3, -0.25) is 15.6 Å². The molecule has 2 aromatic carbocycles. The first-order valence-corrected chi connectivity index (χ1v) is 8.66. The van der Waals surface area contributed by atoms with Crippen LogP contribution in [0.2, 0.25) is 0 Å². The summed E-state index contributed by atoms with van der Waals surface area (Å²) < 4.78 is 42.3. The molecule has 1 aliphatic rings. The Kier molecular flexibility index (Phi) is 5.59. The van der Waals surface area contributed by atoms with Gasteiger partial charge in [0.25, 0.3) is 5.91 Å². The maximum absolute atomic E-state index is 14.4. The molecule has 1 aliphatic heterocycles. The van der Waals surface area contributed by atoms with Gasteiger partial charge in [-0.2, -0.15) is 0 Å². The molecule has 0 unspecified atom stereocenters. The van der Waals surface area contributed by atoms with Gasteiger partial charge in [0.15, 0.2) is 11.6 Å². The van der Waals surface area contributed by atoms with Crippen molar-refractivity contribution in [3.8, 4) is 0 Å². The number of β-amino-alcohol motifs (C(OH)–C–C–N with tert-alkyl or cyclic N) is 1. The molecule has 2 aromatic rings. The standard InChI is InChI=1S/C19H21F3N4O2/c1-11-3-6-15(14(21)7-11)25-17-12(4-5-13(20)16(17)22)18(27)26-9-19(28,10-26)8-24-23-2/h3-7,23-25,28H,8-10H2,1-2H3. The fourth-order valence-corrected chi connectivity index (χ4v) is 3.05. The summed E-state index contributed by atoms with van der Waals surface area (Å²) in [6, 6.07) is 6.21. The van der Waals surface area contributed by atoms with Crippen molar-refractivity contribution >= 4 is 17.3 Å². The molecule has 1 amide bonds. The van der Waals surface area contributed by atoms with Gasteiger partial charge in [-0.05, 0) is 43.8 Å². The molecule has 0 aliphatic carbocycles. The van der Waals surface area contributed by atoms with E-state index in [-0.39, 0.29) is 30.9 Å². The van der Waals surface area contributed by atoms with Crippen LogP contribution in [-0.4, -0.2) is 48.2 Å². The van der Waals surface area contributed by atoms with Crippen LogP contribution in [0.25, 0.3) is 0 Å². The number of aryl methyl sites for hydroxylation is 1. The SMILES string of the molecule is CNNCC1(O)CN(C(=O)c2ccc(F)c(F)c2Nc2ccc(C)cc2F)C1. The summed E-state index contributed by atoms with van der Waals surface area (Å²) in [5, 5.41) is 12.8. The highest BCUT2D eigenvalue weighted by molar-refractivity contribution is 6.01. The van der Waals surface area contributed by atoms with Crippen molar-refractivity contribution in [3.05, 3.63) is 58.9 Å². The van der Waals surface area contributed by atoms with Crippen LogP contribution in [0.3, 0.4) is 0 Å². The van der Waals surface area contributed by atoms with Gasteiger partial charge >= 0.3 is 0 Å². The van der Waals surface area contributed by atoms with Crippen molar-refractivity contribution in [1.29, 1.82) is 0 Å². The summed E-state index contributed by atoms with van der Waals surface area (Å²) in [6.07, 6.45) is 0. The van der Waals surface area contributed by atoms with Crippen LogP contribution < -0.4 is 16.2 Å². The van der Waals surface area contributed by atoms with Crippen LogP contribution in [0.15, 0.2) is 30.3 Å². The Balaban J connectivity index is 1.86. The van der Waals surface area contributed by atoms with Crippen LogP contribution in [0.1, 0.15) is 15.9 Å². The highest BCUT2D eigenvalue weighted by Gasteiger charge is 2.44. The maximum atomic E-state index is 14.4. The van der Waals surface area contributed by atoms with Crippen LogP contribution in [-0.2, 0) is 0 Å². The van der Waals surface area contributed by atoms with Gasteiger partial charge in [0, 0.05) is 6.54 Å². The Labute approximate surface area is 160 Å². The molecule has 0 bridgehead atoms. The number of nitrogens with one attached hydrogen (secondary N) is 3. The zero-order chi connectivity index (χ0) is 20.5. The van der Waals surface area contributed by atoms with Gasteiger partial charge < -0.3 is 15.3 Å². The summed E-state index contributed by atoms with van der Waals surface area (Å²) in [5.74, 6) is -3.69. The third kappa shape index (κ3) is 3.96. The minimum absolute atomic E-state index is 0.0256. The Morgan fingerprint density at radius 1 is 1.18 bits per heavy atom. The van der Waals surface area contributed by atoms with Gasteiger partial charge in [-0.1, -0.05) is 6.07 Å². The molecule has 28 heavy (non-hydrogen) atoms.